The summed E-state index contributed by atoms with van der Waals surface area (Å²) in [7, 11) is 0. The standard InChI is InChI=1S/C11H13BrClN3O/c12-7-5-8(9(13)15-6-7)16-10(17)11(14)3-1-2-4-11/h5-6H,1-4,14H2,(H,16,17). The van der Waals surface area contributed by atoms with Gasteiger partial charge in [-0.3, -0.25) is 4.79 Å². The number of nitrogens with one attached hydrogen (secondary N) is 1. The molecule has 92 valence electrons. The molecule has 1 heterocycles. The molecule has 0 bridgehead atoms. The first kappa shape index (κ1) is 12.8. The van der Waals surface area contributed by atoms with Gasteiger partial charge in [0.25, 0.3) is 0 Å². The number of rotatable bonds is 2. The van der Waals surface area contributed by atoms with Crippen LogP contribution in [0.4, 0.5) is 5.69 Å². The molecule has 0 saturated heterocycles. The maximum Gasteiger partial charge on any atom is 0.244 e. The largest absolute Gasteiger partial charge is 0.322 e. The van der Waals surface area contributed by atoms with Gasteiger partial charge < -0.3 is 11.1 Å². The molecule has 0 aliphatic heterocycles. The normalized spacial score (nSPS) is 18.1. The first-order valence-electron chi connectivity index (χ1n) is 5.43. The van der Waals surface area contributed by atoms with Crippen molar-refractivity contribution < 1.29 is 4.79 Å². The van der Waals surface area contributed by atoms with Gasteiger partial charge in [-0.15, -0.1) is 0 Å². The van der Waals surface area contributed by atoms with Crippen molar-refractivity contribution in [1.29, 1.82) is 0 Å². The molecule has 17 heavy (non-hydrogen) atoms. The highest BCUT2D eigenvalue weighted by Gasteiger charge is 2.37. The highest BCUT2D eigenvalue weighted by Crippen LogP contribution is 2.30. The summed E-state index contributed by atoms with van der Waals surface area (Å²) in [5.74, 6) is -0.184. The van der Waals surface area contributed by atoms with E-state index < -0.39 is 5.54 Å². The zero-order valence-corrected chi connectivity index (χ0v) is 11.5. The lowest BCUT2D eigenvalue weighted by atomic mass is 9.98. The first-order valence-corrected chi connectivity index (χ1v) is 6.60. The number of halogens is 2. The van der Waals surface area contributed by atoms with E-state index in [1.807, 2.05) is 0 Å². The molecule has 0 radical (unpaired) electrons. The monoisotopic (exact) mass is 317 g/mol. The molecule has 1 aromatic rings. The summed E-state index contributed by atoms with van der Waals surface area (Å²) in [5, 5.41) is 3.01. The lowest BCUT2D eigenvalue weighted by Gasteiger charge is -2.22. The van der Waals surface area contributed by atoms with Crippen LogP contribution in [0.5, 0.6) is 0 Å². The van der Waals surface area contributed by atoms with Gasteiger partial charge in [0.05, 0.1) is 11.2 Å². The number of aromatic nitrogens is 1. The lowest BCUT2D eigenvalue weighted by molar-refractivity contribution is -0.121. The lowest BCUT2D eigenvalue weighted by Crippen LogP contribution is -2.48. The Kier molecular flexibility index (Phi) is 3.70. The van der Waals surface area contributed by atoms with E-state index in [4.69, 9.17) is 17.3 Å². The highest BCUT2D eigenvalue weighted by atomic mass is 79.9. The van der Waals surface area contributed by atoms with Crippen molar-refractivity contribution in [1.82, 2.24) is 4.98 Å². The summed E-state index contributed by atoms with van der Waals surface area (Å²) in [4.78, 5) is 16.0. The molecule has 1 aliphatic carbocycles. The van der Waals surface area contributed by atoms with Crippen LogP contribution >= 0.6 is 27.5 Å². The Bertz CT molecular complexity index is 446. The van der Waals surface area contributed by atoms with E-state index in [2.05, 4.69) is 26.2 Å². The van der Waals surface area contributed by atoms with E-state index >= 15 is 0 Å². The van der Waals surface area contributed by atoms with E-state index in [-0.39, 0.29) is 11.1 Å². The molecule has 1 saturated carbocycles. The van der Waals surface area contributed by atoms with Gasteiger partial charge in [-0.2, -0.15) is 0 Å². The summed E-state index contributed by atoms with van der Waals surface area (Å²) in [6.45, 7) is 0. The minimum absolute atomic E-state index is 0.184. The Morgan fingerprint density at radius 1 is 1.53 bits per heavy atom. The Morgan fingerprint density at radius 2 is 2.18 bits per heavy atom. The molecule has 1 fully saturated rings. The van der Waals surface area contributed by atoms with Crippen molar-refractivity contribution in [3.8, 4) is 0 Å². The number of nitrogens with zero attached hydrogens (tertiary/aromatic N) is 1. The Balaban J connectivity index is 2.15. The number of pyridine rings is 1. The highest BCUT2D eigenvalue weighted by molar-refractivity contribution is 9.10. The second-order valence-electron chi connectivity index (χ2n) is 4.31. The Labute approximate surface area is 113 Å². The van der Waals surface area contributed by atoms with Crippen LogP contribution in [0.3, 0.4) is 0 Å². The van der Waals surface area contributed by atoms with Gasteiger partial charge in [0, 0.05) is 10.7 Å². The van der Waals surface area contributed by atoms with Gasteiger partial charge in [0.15, 0.2) is 5.15 Å². The van der Waals surface area contributed by atoms with Gasteiger partial charge in [-0.1, -0.05) is 24.4 Å². The Hall–Kier alpha value is -0.650. The van der Waals surface area contributed by atoms with Crippen molar-refractivity contribution in [3.05, 3.63) is 21.9 Å². The van der Waals surface area contributed by atoms with Crippen LogP contribution < -0.4 is 11.1 Å². The number of carbonyl (C=O) groups is 1. The van der Waals surface area contributed by atoms with Crippen LogP contribution in [0.2, 0.25) is 5.15 Å². The minimum atomic E-state index is -0.758. The molecule has 0 unspecified atom stereocenters. The van der Waals surface area contributed by atoms with Gasteiger partial charge in [-0.25, -0.2) is 4.98 Å². The fourth-order valence-electron chi connectivity index (χ4n) is 1.99. The number of carbonyl (C=O) groups excluding carboxylic acids is 1. The van der Waals surface area contributed by atoms with Crippen LogP contribution in [0.15, 0.2) is 16.7 Å². The van der Waals surface area contributed by atoms with Crippen molar-refractivity contribution in [2.45, 2.75) is 31.2 Å². The molecule has 1 aromatic heterocycles. The van der Waals surface area contributed by atoms with Crippen molar-refractivity contribution in [3.63, 3.8) is 0 Å². The zero-order chi connectivity index (χ0) is 12.5. The van der Waals surface area contributed by atoms with Crippen molar-refractivity contribution in [2.75, 3.05) is 5.32 Å². The van der Waals surface area contributed by atoms with E-state index in [1.165, 1.54) is 0 Å². The molecule has 2 rings (SSSR count). The number of nitrogens with two attached hydrogens (primary N) is 1. The Morgan fingerprint density at radius 3 is 2.82 bits per heavy atom. The topological polar surface area (TPSA) is 68.0 Å². The molecule has 0 spiro atoms. The summed E-state index contributed by atoms with van der Waals surface area (Å²) in [5.41, 5.74) is 5.78. The molecule has 0 atom stereocenters. The molecule has 6 heteroatoms. The molecule has 0 aromatic carbocycles. The van der Waals surface area contributed by atoms with Crippen molar-refractivity contribution >= 4 is 39.1 Å². The molecule has 1 aliphatic rings. The quantitative estimate of drug-likeness (QED) is 0.824. The van der Waals surface area contributed by atoms with Crippen LogP contribution in [0, 0.1) is 0 Å². The third kappa shape index (κ3) is 2.78. The molecule has 3 N–H and O–H groups in total. The van der Waals surface area contributed by atoms with Gasteiger partial charge in [-0.05, 0) is 34.8 Å². The van der Waals surface area contributed by atoms with E-state index in [0.29, 0.717) is 5.69 Å². The van der Waals surface area contributed by atoms with Crippen LogP contribution in [-0.4, -0.2) is 16.4 Å². The predicted molar refractivity (Wildman–Crippen MR) is 71.0 cm³/mol. The molecular weight excluding hydrogens is 305 g/mol. The van der Waals surface area contributed by atoms with E-state index in [0.717, 1.165) is 30.2 Å². The third-order valence-electron chi connectivity index (χ3n) is 3.00. The third-order valence-corrected chi connectivity index (χ3v) is 3.74. The zero-order valence-electron chi connectivity index (χ0n) is 9.17. The average Bonchev–Trinajstić information content (AvgIpc) is 2.72. The minimum Gasteiger partial charge on any atom is -0.322 e. The van der Waals surface area contributed by atoms with Crippen LogP contribution in [-0.2, 0) is 4.79 Å². The summed E-state index contributed by atoms with van der Waals surface area (Å²) >= 11 is 9.18. The first-order chi connectivity index (χ1) is 8.01. The smallest absolute Gasteiger partial charge is 0.244 e. The molecule has 4 nitrogen and oxygen atoms in total. The summed E-state index contributed by atoms with van der Waals surface area (Å²) in [6, 6.07) is 1.71. The fraction of sp³-hybridized carbons (Fsp3) is 0.455. The number of anilines is 1. The SMILES string of the molecule is NC1(C(=O)Nc2cc(Br)cnc2Cl)CCCC1. The molecular formula is C11H13BrClN3O. The summed E-state index contributed by atoms with van der Waals surface area (Å²) < 4.78 is 0.759. The van der Waals surface area contributed by atoms with Crippen LogP contribution in [0.25, 0.3) is 0 Å². The van der Waals surface area contributed by atoms with Gasteiger partial charge in [0.1, 0.15) is 0 Å². The number of amides is 1. The predicted octanol–water partition coefficient (Wildman–Crippen LogP) is 2.71. The van der Waals surface area contributed by atoms with Gasteiger partial charge in [0.2, 0.25) is 5.91 Å². The number of hydrogen-bond acceptors (Lipinski definition) is 3. The second-order valence-corrected chi connectivity index (χ2v) is 5.58. The fourth-order valence-corrected chi connectivity index (χ4v) is 2.47. The average molecular weight is 319 g/mol. The second kappa shape index (κ2) is 4.92. The number of hydrogen-bond donors (Lipinski definition) is 2. The van der Waals surface area contributed by atoms with Crippen molar-refractivity contribution in [2.24, 2.45) is 5.73 Å². The maximum absolute atomic E-state index is 12.1. The van der Waals surface area contributed by atoms with E-state index in [1.54, 1.807) is 12.3 Å². The van der Waals surface area contributed by atoms with Gasteiger partial charge >= 0.3 is 0 Å². The van der Waals surface area contributed by atoms with E-state index in [9.17, 15) is 4.79 Å². The van der Waals surface area contributed by atoms with Crippen LogP contribution in [0.1, 0.15) is 25.7 Å². The summed E-state index contributed by atoms with van der Waals surface area (Å²) in [6.07, 6.45) is 5.00. The molecule has 1 amide bonds. The maximum atomic E-state index is 12.1.